The minimum atomic E-state index is -0.644. The predicted molar refractivity (Wildman–Crippen MR) is 63.2 cm³/mol. The van der Waals surface area contributed by atoms with Crippen molar-refractivity contribution in [3.63, 3.8) is 0 Å². The molecule has 3 unspecified atom stereocenters. The Balaban J connectivity index is 2.46. The van der Waals surface area contributed by atoms with Crippen molar-refractivity contribution in [1.29, 1.82) is 0 Å². The Morgan fingerprint density at radius 2 is 2.18 bits per heavy atom. The van der Waals surface area contributed by atoms with Crippen LogP contribution in [0.5, 0.6) is 0 Å². The van der Waals surface area contributed by atoms with E-state index in [-0.39, 0.29) is 17.9 Å². The van der Waals surface area contributed by atoms with Crippen LogP contribution in [-0.2, 0) is 14.3 Å². The van der Waals surface area contributed by atoms with Gasteiger partial charge < -0.3 is 21.1 Å². The Morgan fingerprint density at radius 3 is 2.76 bits per heavy atom. The molecule has 0 radical (unpaired) electrons. The van der Waals surface area contributed by atoms with E-state index >= 15 is 0 Å². The highest BCUT2D eigenvalue weighted by Crippen LogP contribution is 2.14. The molecule has 3 atom stereocenters. The van der Waals surface area contributed by atoms with Crippen molar-refractivity contribution in [3.05, 3.63) is 0 Å². The third kappa shape index (κ3) is 3.98. The molecule has 0 aromatic heterocycles. The molecule has 0 aromatic carbocycles. The van der Waals surface area contributed by atoms with Crippen LogP contribution in [0, 0.1) is 5.92 Å². The molecule has 0 aliphatic carbocycles. The maximum Gasteiger partial charge on any atom is 0.239 e. The van der Waals surface area contributed by atoms with Crippen LogP contribution >= 0.6 is 0 Å². The first-order valence-corrected chi connectivity index (χ1v) is 5.97. The Kier molecular flexibility index (Phi) is 5.37. The molecule has 1 aliphatic rings. The van der Waals surface area contributed by atoms with E-state index in [1.165, 1.54) is 0 Å². The Labute approximate surface area is 101 Å². The molecule has 1 aliphatic heterocycles. The molecule has 6 nitrogen and oxygen atoms in total. The lowest BCUT2D eigenvalue weighted by atomic mass is 10.0. The van der Waals surface area contributed by atoms with Crippen LogP contribution in [-0.4, -0.2) is 43.7 Å². The van der Waals surface area contributed by atoms with Gasteiger partial charge in [-0.05, 0) is 19.9 Å². The molecule has 0 spiro atoms. The average Bonchev–Trinajstić information content (AvgIpc) is 2.74. The molecule has 0 bridgehead atoms. The van der Waals surface area contributed by atoms with E-state index in [1.807, 2.05) is 0 Å². The lowest BCUT2D eigenvalue weighted by Gasteiger charge is -2.19. The standard InChI is InChI=1S/C11H21N3O3/c1-3-4-13-9-6-17-5-8(9)11(16)14-7(2)10(12)15/h7-9,13H,3-6H2,1-2H3,(H2,12,15)(H,14,16). The minimum Gasteiger partial charge on any atom is -0.379 e. The molecule has 6 heteroatoms. The SMILES string of the molecule is CCCNC1COCC1C(=O)NC(C)C(N)=O. The molecule has 0 saturated carbocycles. The van der Waals surface area contributed by atoms with Crippen LogP contribution < -0.4 is 16.4 Å². The second-order valence-electron chi connectivity index (χ2n) is 4.34. The molecular weight excluding hydrogens is 222 g/mol. The van der Waals surface area contributed by atoms with Gasteiger partial charge in [-0.3, -0.25) is 9.59 Å². The van der Waals surface area contributed by atoms with Crippen molar-refractivity contribution < 1.29 is 14.3 Å². The number of amides is 2. The van der Waals surface area contributed by atoms with Crippen LogP contribution in [0.4, 0.5) is 0 Å². The van der Waals surface area contributed by atoms with Crippen molar-refractivity contribution in [3.8, 4) is 0 Å². The molecule has 2 amide bonds. The zero-order chi connectivity index (χ0) is 12.8. The van der Waals surface area contributed by atoms with Crippen LogP contribution in [0.1, 0.15) is 20.3 Å². The van der Waals surface area contributed by atoms with Gasteiger partial charge in [0.1, 0.15) is 6.04 Å². The molecule has 1 saturated heterocycles. The molecule has 4 N–H and O–H groups in total. The summed E-state index contributed by atoms with van der Waals surface area (Å²) in [6, 6.07) is -0.620. The Hall–Kier alpha value is -1.14. The smallest absolute Gasteiger partial charge is 0.239 e. The number of nitrogens with two attached hydrogens (primary N) is 1. The van der Waals surface area contributed by atoms with Gasteiger partial charge in [0.25, 0.3) is 0 Å². The number of hydrogen-bond donors (Lipinski definition) is 3. The van der Waals surface area contributed by atoms with Crippen molar-refractivity contribution in [2.45, 2.75) is 32.4 Å². The molecule has 1 fully saturated rings. The van der Waals surface area contributed by atoms with Gasteiger partial charge in [0.05, 0.1) is 19.1 Å². The van der Waals surface area contributed by atoms with E-state index in [0.717, 1.165) is 13.0 Å². The lowest BCUT2D eigenvalue weighted by Crippen LogP contribution is -2.49. The lowest BCUT2D eigenvalue weighted by molar-refractivity contribution is -0.129. The Bertz CT molecular complexity index is 283. The van der Waals surface area contributed by atoms with E-state index in [4.69, 9.17) is 10.5 Å². The van der Waals surface area contributed by atoms with Gasteiger partial charge >= 0.3 is 0 Å². The zero-order valence-electron chi connectivity index (χ0n) is 10.4. The summed E-state index contributed by atoms with van der Waals surface area (Å²) < 4.78 is 5.29. The number of primary amides is 1. The average molecular weight is 243 g/mol. The summed E-state index contributed by atoms with van der Waals surface area (Å²) in [6.07, 6.45) is 1.00. The number of rotatable bonds is 6. The second kappa shape index (κ2) is 6.56. The van der Waals surface area contributed by atoms with Crippen molar-refractivity contribution in [2.24, 2.45) is 11.7 Å². The van der Waals surface area contributed by atoms with Gasteiger partial charge in [-0.15, -0.1) is 0 Å². The third-order valence-electron chi connectivity index (χ3n) is 2.86. The fraction of sp³-hybridized carbons (Fsp3) is 0.818. The number of nitrogens with one attached hydrogen (secondary N) is 2. The first kappa shape index (κ1) is 13.9. The van der Waals surface area contributed by atoms with Crippen molar-refractivity contribution in [1.82, 2.24) is 10.6 Å². The van der Waals surface area contributed by atoms with E-state index in [0.29, 0.717) is 13.2 Å². The number of carbonyl (C=O) groups excluding carboxylic acids is 2. The summed E-state index contributed by atoms with van der Waals surface area (Å²) in [5.74, 6) is -0.957. The van der Waals surface area contributed by atoms with Gasteiger partial charge in [-0.1, -0.05) is 6.92 Å². The maximum atomic E-state index is 11.9. The summed E-state index contributed by atoms with van der Waals surface area (Å²) in [4.78, 5) is 22.8. The van der Waals surface area contributed by atoms with Gasteiger partial charge in [0.15, 0.2) is 0 Å². The summed E-state index contributed by atoms with van der Waals surface area (Å²) in [7, 11) is 0. The Morgan fingerprint density at radius 1 is 1.47 bits per heavy atom. The first-order valence-electron chi connectivity index (χ1n) is 5.97. The third-order valence-corrected chi connectivity index (χ3v) is 2.86. The number of hydrogen-bond acceptors (Lipinski definition) is 4. The quantitative estimate of drug-likeness (QED) is 0.557. The molecule has 1 heterocycles. The highest BCUT2D eigenvalue weighted by Gasteiger charge is 2.34. The van der Waals surface area contributed by atoms with Crippen molar-refractivity contribution >= 4 is 11.8 Å². The van der Waals surface area contributed by atoms with Gasteiger partial charge in [-0.2, -0.15) is 0 Å². The molecule has 17 heavy (non-hydrogen) atoms. The first-order chi connectivity index (χ1) is 8.06. The van der Waals surface area contributed by atoms with Gasteiger partial charge in [-0.25, -0.2) is 0 Å². The highest BCUT2D eigenvalue weighted by atomic mass is 16.5. The maximum absolute atomic E-state index is 11.9. The zero-order valence-corrected chi connectivity index (χ0v) is 10.4. The van der Waals surface area contributed by atoms with Crippen LogP contribution in [0.15, 0.2) is 0 Å². The topological polar surface area (TPSA) is 93.4 Å². The molecular formula is C11H21N3O3. The highest BCUT2D eigenvalue weighted by molar-refractivity contribution is 5.87. The normalized spacial score (nSPS) is 25.5. The summed E-state index contributed by atoms with van der Waals surface area (Å²) in [6.45, 7) is 5.41. The monoisotopic (exact) mass is 243 g/mol. The minimum absolute atomic E-state index is 0.0232. The van der Waals surface area contributed by atoms with Gasteiger partial charge in [0, 0.05) is 6.04 Å². The van der Waals surface area contributed by atoms with Crippen LogP contribution in [0.2, 0.25) is 0 Å². The van der Waals surface area contributed by atoms with E-state index in [2.05, 4.69) is 17.6 Å². The summed E-state index contributed by atoms with van der Waals surface area (Å²) in [5.41, 5.74) is 5.10. The molecule has 98 valence electrons. The van der Waals surface area contributed by atoms with E-state index in [1.54, 1.807) is 6.92 Å². The second-order valence-corrected chi connectivity index (χ2v) is 4.34. The largest absolute Gasteiger partial charge is 0.379 e. The fourth-order valence-corrected chi connectivity index (χ4v) is 1.74. The molecule has 0 aromatic rings. The van der Waals surface area contributed by atoms with E-state index < -0.39 is 11.9 Å². The van der Waals surface area contributed by atoms with Crippen LogP contribution in [0.3, 0.4) is 0 Å². The fourth-order valence-electron chi connectivity index (χ4n) is 1.74. The summed E-state index contributed by atoms with van der Waals surface area (Å²) in [5, 5.41) is 5.86. The predicted octanol–water partition coefficient (Wildman–Crippen LogP) is -1.01. The molecule has 1 rings (SSSR count). The van der Waals surface area contributed by atoms with E-state index in [9.17, 15) is 9.59 Å². The number of carbonyl (C=O) groups is 2. The van der Waals surface area contributed by atoms with Gasteiger partial charge in [0.2, 0.25) is 11.8 Å². The number of ether oxygens (including phenoxy) is 1. The van der Waals surface area contributed by atoms with Crippen LogP contribution in [0.25, 0.3) is 0 Å². The van der Waals surface area contributed by atoms with Crippen molar-refractivity contribution in [2.75, 3.05) is 19.8 Å². The summed E-state index contributed by atoms with van der Waals surface area (Å²) >= 11 is 0.